The molecule has 0 unspecified atom stereocenters. The van der Waals surface area contributed by atoms with Crippen LogP contribution < -0.4 is 9.47 Å². The van der Waals surface area contributed by atoms with Crippen molar-refractivity contribution < 1.29 is 18.6 Å². The summed E-state index contributed by atoms with van der Waals surface area (Å²) < 4.78 is 35.4. The van der Waals surface area contributed by atoms with E-state index < -0.39 is 11.6 Å². The van der Waals surface area contributed by atoms with Crippen molar-refractivity contribution >= 4 is 22.6 Å². The minimum atomic E-state index is -1.28. The van der Waals surface area contributed by atoms with Gasteiger partial charge in [0.2, 0.25) is 5.82 Å². The zero-order valence-corrected chi connectivity index (χ0v) is 25.8. The van der Waals surface area contributed by atoms with Crippen LogP contribution in [-0.2, 0) is 23.6 Å². The van der Waals surface area contributed by atoms with Gasteiger partial charge in [0, 0.05) is 24.1 Å². The first-order valence-electron chi connectivity index (χ1n) is 15.4. The molecule has 13 heteroatoms. The third kappa shape index (κ3) is 5.14. The summed E-state index contributed by atoms with van der Waals surface area (Å²) in [4.78, 5) is 14.9. The Balaban J connectivity index is 1.00. The number of para-hydroxylation sites is 1. The van der Waals surface area contributed by atoms with Crippen LogP contribution in [-0.4, -0.2) is 60.4 Å². The van der Waals surface area contributed by atoms with Crippen LogP contribution in [0.15, 0.2) is 48.7 Å². The van der Waals surface area contributed by atoms with Crippen molar-refractivity contribution in [3.05, 3.63) is 82.3 Å². The van der Waals surface area contributed by atoms with Crippen LogP contribution in [0.1, 0.15) is 54.9 Å². The van der Waals surface area contributed by atoms with Crippen molar-refractivity contribution in [2.75, 3.05) is 19.7 Å². The lowest BCUT2D eigenvalue weighted by Crippen LogP contribution is -2.35. The molecular weight excluding hydrogens is 611 g/mol. The number of rotatable bonds is 7. The highest BCUT2D eigenvalue weighted by Crippen LogP contribution is 2.50. The number of fused-ring (bicyclic) bond motifs is 2. The molecule has 2 atom stereocenters. The van der Waals surface area contributed by atoms with Crippen molar-refractivity contribution in [2.24, 2.45) is 0 Å². The fourth-order valence-corrected chi connectivity index (χ4v) is 6.79. The highest BCUT2D eigenvalue weighted by Gasteiger charge is 2.43. The number of nitrogens with zero attached hydrogens (tertiary/aromatic N) is 7. The molecule has 11 nitrogen and oxygen atoms in total. The number of imidazole rings is 1. The molecule has 6 heterocycles. The Hall–Kier alpha value is -4.57. The molecule has 8 rings (SSSR count). The summed E-state index contributed by atoms with van der Waals surface area (Å²) in [6.45, 7) is 5.66. The SMILES string of the molecule is C[C@]1(c2ccc(Cl)cc2F)Oc2cccc(C3CCN(Cc4nc5cc(-c6nnc(C#N)[nH]6)ncc5n4C[C@@H]4CCO4)CC3)c2O1. The second kappa shape index (κ2) is 11.3. The van der Waals surface area contributed by atoms with Gasteiger partial charge in [0.1, 0.15) is 23.4 Å². The van der Waals surface area contributed by atoms with Crippen LogP contribution in [0.3, 0.4) is 0 Å². The summed E-state index contributed by atoms with van der Waals surface area (Å²) in [6, 6.07) is 14.3. The number of piperidine rings is 1. The lowest BCUT2D eigenvalue weighted by Gasteiger charge is -2.33. The first-order chi connectivity index (χ1) is 22.4. The van der Waals surface area contributed by atoms with E-state index in [0.717, 1.165) is 61.4 Å². The van der Waals surface area contributed by atoms with Crippen molar-refractivity contribution in [3.8, 4) is 29.1 Å². The van der Waals surface area contributed by atoms with Gasteiger partial charge in [0.05, 0.1) is 42.0 Å². The van der Waals surface area contributed by atoms with E-state index in [1.165, 1.54) is 6.07 Å². The third-order valence-electron chi connectivity index (χ3n) is 9.15. The van der Waals surface area contributed by atoms with Gasteiger partial charge >= 0.3 is 0 Å². The standard InChI is InChI=1S/C33H30ClFN8O3/c1-33(23-6-5-20(34)13-24(23)35)45-28-4-2-3-22(31(28)46-33)19-7-10-42(11-8-19)18-30-38-25-14-26(32-39-29(15-36)40-41-32)37-16-27(25)43(30)17-21-9-12-44-21/h2-6,13-14,16,19,21H,7-12,17-18H2,1H3,(H,39,40,41)/t21-,33-/m0/s1. The van der Waals surface area contributed by atoms with Crippen molar-refractivity contribution in [2.45, 2.75) is 57.1 Å². The Morgan fingerprint density at radius 3 is 2.72 bits per heavy atom. The van der Waals surface area contributed by atoms with E-state index in [2.05, 4.69) is 35.7 Å². The van der Waals surface area contributed by atoms with Crippen LogP contribution in [0, 0.1) is 17.1 Å². The van der Waals surface area contributed by atoms with Crippen LogP contribution >= 0.6 is 11.6 Å². The number of halogens is 2. The highest BCUT2D eigenvalue weighted by molar-refractivity contribution is 6.30. The van der Waals surface area contributed by atoms with Crippen molar-refractivity contribution in [1.29, 1.82) is 5.26 Å². The van der Waals surface area contributed by atoms with Gasteiger partial charge in [-0.25, -0.2) is 9.37 Å². The molecule has 2 aromatic carbocycles. The maximum atomic E-state index is 14.9. The van der Waals surface area contributed by atoms with E-state index in [1.54, 1.807) is 19.1 Å². The number of hydrogen-bond donors (Lipinski definition) is 1. The van der Waals surface area contributed by atoms with Gasteiger partial charge < -0.3 is 23.8 Å². The van der Waals surface area contributed by atoms with Gasteiger partial charge in [-0.1, -0.05) is 23.7 Å². The Kier molecular flexibility index (Phi) is 7.12. The van der Waals surface area contributed by atoms with Crippen molar-refractivity contribution in [1.82, 2.24) is 34.6 Å². The molecule has 5 aromatic rings. The Labute approximate surface area is 268 Å². The molecule has 0 saturated carbocycles. The quantitative estimate of drug-likeness (QED) is 0.239. The van der Waals surface area contributed by atoms with Crippen molar-refractivity contribution in [3.63, 3.8) is 0 Å². The van der Waals surface area contributed by atoms with Gasteiger partial charge in [-0.15, -0.1) is 10.2 Å². The second-order valence-corrected chi connectivity index (χ2v) is 12.5. The molecule has 234 valence electrons. The number of nitriles is 1. The molecule has 0 bridgehead atoms. The van der Waals surface area contributed by atoms with Gasteiger partial charge in [-0.2, -0.15) is 5.26 Å². The van der Waals surface area contributed by atoms with Gasteiger partial charge in [-0.05, 0) is 68.6 Å². The smallest absolute Gasteiger partial charge is 0.278 e. The van der Waals surface area contributed by atoms with E-state index in [4.69, 9.17) is 36.1 Å². The maximum Gasteiger partial charge on any atom is 0.278 e. The number of likely N-dealkylation sites (tertiary alicyclic amines) is 1. The highest BCUT2D eigenvalue weighted by atomic mass is 35.5. The summed E-state index contributed by atoms with van der Waals surface area (Å²) >= 11 is 5.99. The Bertz CT molecular complexity index is 1990. The maximum absolute atomic E-state index is 14.9. The normalized spacial score (nSPS) is 21.4. The molecule has 46 heavy (non-hydrogen) atoms. The third-order valence-corrected chi connectivity index (χ3v) is 9.39. The summed E-state index contributed by atoms with van der Waals surface area (Å²) in [7, 11) is 0. The topological polar surface area (TPSA) is 127 Å². The molecule has 0 radical (unpaired) electrons. The zero-order chi connectivity index (χ0) is 31.4. The van der Waals surface area contributed by atoms with Gasteiger partial charge in [-0.3, -0.25) is 9.88 Å². The molecule has 3 aromatic heterocycles. The average molecular weight is 641 g/mol. The van der Waals surface area contributed by atoms with E-state index in [1.807, 2.05) is 30.5 Å². The zero-order valence-electron chi connectivity index (χ0n) is 25.0. The van der Waals surface area contributed by atoms with E-state index in [9.17, 15) is 4.39 Å². The Morgan fingerprint density at radius 2 is 1.98 bits per heavy atom. The van der Waals surface area contributed by atoms with Crippen LogP contribution in [0.25, 0.3) is 22.6 Å². The average Bonchev–Trinajstić information content (AvgIpc) is 3.74. The summed E-state index contributed by atoms with van der Waals surface area (Å²) in [6.07, 6.45) is 4.83. The molecule has 0 spiro atoms. The molecular formula is C33H30ClFN8O3. The first kappa shape index (κ1) is 28.9. The van der Waals surface area contributed by atoms with Gasteiger partial charge in [0.25, 0.3) is 5.79 Å². The molecule has 3 aliphatic rings. The number of ether oxygens (including phenoxy) is 3. The minimum absolute atomic E-state index is 0.137. The summed E-state index contributed by atoms with van der Waals surface area (Å²) in [5.41, 5.74) is 3.70. The lowest BCUT2D eigenvalue weighted by atomic mass is 9.88. The predicted molar refractivity (Wildman–Crippen MR) is 166 cm³/mol. The monoisotopic (exact) mass is 640 g/mol. The number of aromatic nitrogens is 6. The van der Waals surface area contributed by atoms with Crippen LogP contribution in [0.4, 0.5) is 4.39 Å². The summed E-state index contributed by atoms with van der Waals surface area (Å²) in [5.74, 6) is 1.33. The lowest BCUT2D eigenvalue weighted by molar-refractivity contribution is -0.0712. The number of H-pyrrole nitrogens is 1. The number of benzene rings is 2. The van der Waals surface area contributed by atoms with E-state index in [-0.39, 0.29) is 17.8 Å². The molecule has 1 N–H and O–H groups in total. The molecule has 2 saturated heterocycles. The Morgan fingerprint density at radius 1 is 1.13 bits per heavy atom. The van der Waals surface area contributed by atoms with E-state index in [0.29, 0.717) is 46.7 Å². The second-order valence-electron chi connectivity index (χ2n) is 12.1. The largest absolute Gasteiger partial charge is 0.444 e. The number of hydrogen-bond acceptors (Lipinski definition) is 9. The number of nitrogens with one attached hydrogen (secondary N) is 1. The first-order valence-corrected chi connectivity index (χ1v) is 15.7. The fraction of sp³-hybridized carbons (Fsp3) is 0.364. The number of aromatic amines is 1. The molecule has 3 aliphatic heterocycles. The fourth-order valence-electron chi connectivity index (χ4n) is 6.63. The van der Waals surface area contributed by atoms with Gasteiger partial charge in [0.15, 0.2) is 17.3 Å². The van der Waals surface area contributed by atoms with Crippen LogP contribution in [0.5, 0.6) is 11.5 Å². The number of pyridine rings is 1. The molecule has 0 aliphatic carbocycles. The minimum Gasteiger partial charge on any atom is -0.444 e. The predicted octanol–water partition coefficient (Wildman–Crippen LogP) is 5.69. The van der Waals surface area contributed by atoms with E-state index >= 15 is 0 Å². The summed E-state index contributed by atoms with van der Waals surface area (Å²) in [5, 5.41) is 17.3. The molecule has 0 amide bonds. The van der Waals surface area contributed by atoms with Crippen LogP contribution in [0.2, 0.25) is 5.02 Å². The molecule has 2 fully saturated rings.